The molecule has 2 nitrogen and oxygen atoms in total. The standard InChI is InChI=1S/C20H16Cl2N2/c1-11-12-4-2-3-5-19(12)24-7-6-13(20(11)24)15-10-23-18-9-17(22)16(21)8-14(15)18/h2-5,8-10,13,23H,6-7H2,1H3. The number of fused-ring (bicyclic) bond motifs is 4. The molecule has 0 amide bonds. The van der Waals surface area contributed by atoms with E-state index in [1.54, 1.807) is 0 Å². The van der Waals surface area contributed by atoms with Crippen LogP contribution in [-0.4, -0.2) is 9.55 Å². The lowest BCUT2D eigenvalue weighted by Gasteiger charge is -2.11. The average Bonchev–Trinajstić information content (AvgIpc) is 3.24. The van der Waals surface area contributed by atoms with Crippen LogP contribution in [-0.2, 0) is 6.54 Å². The van der Waals surface area contributed by atoms with Crippen molar-refractivity contribution in [3.63, 3.8) is 0 Å². The van der Waals surface area contributed by atoms with Gasteiger partial charge in [-0.1, -0.05) is 41.4 Å². The van der Waals surface area contributed by atoms with Crippen LogP contribution in [0.25, 0.3) is 21.8 Å². The van der Waals surface area contributed by atoms with Gasteiger partial charge in [0.25, 0.3) is 0 Å². The molecule has 1 aliphatic heterocycles. The van der Waals surface area contributed by atoms with Crippen LogP contribution in [0.15, 0.2) is 42.6 Å². The normalized spacial score (nSPS) is 17.0. The van der Waals surface area contributed by atoms with Gasteiger partial charge in [-0.2, -0.15) is 0 Å². The van der Waals surface area contributed by atoms with Crippen molar-refractivity contribution in [1.29, 1.82) is 0 Å². The number of benzene rings is 2. The number of nitrogens with one attached hydrogen (secondary N) is 1. The zero-order chi connectivity index (χ0) is 16.4. The quantitative estimate of drug-likeness (QED) is 0.415. The zero-order valence-corrected chi connectivity index (χ0v) is 14.7. The molecule has 1 N–H and O–H groups in total. The van der Waals surface area contributed by atoms with E-state index in [2.05, 4.69) is 46.9 Å². The van der Waals surface area contributed by atoms with Crippen molar-refractivity contribution in [3.8, 4) is 0 Å². The lowest BCUT2D eigenvalue weighted by molar-refractivity contribution is 0.738. The van der Waals surface area contributed by atoms with Crippen molar-refractivity contribution in [3.05, 3.63) is 69.5 Å². The van der Waals surface area contributed by atoms with Crippen LogP contribution in [0.1, 0.15) is 29.2 Å². The Kier molecular flexibility index (Phi) is 3.04. The molecule has 0 saturated heterocycles. The summed E-state index contributed by atoms with van der Waals surface area (Å²) < 4.78 is 2.48. The molecule has 5 rings (SSSR count). The average molecular weight is 355 g/mol. The third-order valence-corrected chi connectivity index (χ3v) is 6.10. The number of aromatic amines is 1. The maximum absolute atomic E-state index is 6.27. The summed E-state index contributed by atoms with van der Waals surface area (Å²) >= 11 is 12.4. The first-order chi connectivity index (χ1) is 11.6. The van der Waals surface area contributed by atoms with Crippen LogP contribution in [0.2, 0.25) is 10.0 Å². The van der Waals surface area contributed by atoms with Crippen LogP contribution in [0.5, 0.6) is 0 Å². The molecule has 0 fully saturated rings. The molecule has 2 aromatic heterocycles. The lowest BCUT2D eigenvalue weighted by Crippen LogP contribution is -1.97. The molecule has 2 aromatic carbocycles. The second-order valence-electron chi connectivity index (χ2n) is 6.58. The van der Waals surface area contributed by atoms with Gasteiger partial charge in [0.05, 0.1) is 10.0 Å². The monoisotopic (exact) mass is 354 g/mol. The Labute approximate surface area is 150 Å². The van der Waals surface area contributed by atoms with Gasteiger partial charge in [-0.3, -0.25) is 0 Å². The van der Waals surface area contributed by atoms with Gasteiger partial charge in [-0.25, -0.2) is 0 Å². The molecule has 0 saturated carbocycles. The fourth-order valence-electron chi connectivity index (χ4n) is 4.31. The van der Waals surface area contributed by atoms with E-state index >= 15 is 0 Å². The SMILES string of the molecule is Cc1c2n(c3ccccc13)CCC2c1c[nH]c2cc(Cl)c(Cl)cc12. The summed E-state index contributed by atoms with van der Waals surface area (Å²) in [6, 6.07) is 12.6. The number of H-pyrrole nitrogens is 1. The van der Waals surface area contributed by atoms with Crippen LogP contribution in [0.3, 0.4) is 0 Å². The van der Waals surface area contributed by atoms with Crippen LogP contribution >= 0.6 is 23.2 Å². The lowest BCUT2D eigenvalue weighted by atomic mass is 9.92. The molecule has 4 heteroatoms. The minimum absolute atomic E-state index is 0.392. The summed E-state index contributed by atoms with van der Waals surface area (Å²) in [7, 11) is 0. The predicted octanol–water partition coefficient (Wildman–Crippen LogP) is 6.27. The van der Waals surface area contributed by atoms with E-state index in [1.807, 2.05) is 12.1 Å². The fourth-order valence-corrected chi connectivity index (χ4v) is 4.64. The number of hydrogen-bond donors (Lipinski definition) is 1. The molecule has 24 heavy (non-hydrogen) atoms. The summed E-state index contributed by atoms with van der Waals surface area (Å²) in [5.41, 5.74) is 6.53. The first kappa shape index (κ1) is 14.4. The highest BCUT2D eigenvalue weighted by molar-refractivity contribution is 6.42. The van der Waals surface area contributed by atoms with E-state index in [1.165, 1.54) is 33.1 Å². The summed E-state index contributed by atoms with van der Waals surface area (Å²) in [4.78, 5) is 3.36. The molecule has 1 aliphatic rings. The number of rotatable bonds is 1. The first-order valence-electron chi connectivity index (χ1n) is 8.19. The first-order valence-corrected chi connectivity index (χ1v) is 8.94. The van der Waals surface area contributed by atoms with E-state index in [4.69, 9.17) is 23.2 Å². The molecule has 0 aliphatic carbocycles. The summed E-state index contributed by atoms with van der Waals surface area (Å²) in [6.07, 6.45) is 3.24. The molecular formula is C20H16Cl2N2. The van der Waals surface area contributed by atoms with Gasteiger partial charge in [-0.05, 0) is 42.7 Å². The van der Waals surface area contributed by atoms with E-state index in [-0.39, 0.29) is 0 Å². The third kappa shape index (κ3) is 1.84. The molecular weight excluding hydrogens is 339 g/mol. The topological polar surface area (TPSA) is 20.7 Å². The summed E-state index contributed by atoms with van der Waals surface area (Å²) in [5.74, 6) is 0.392. The Morgan fingerprint density at radius 1 is 1.08 bits per heavy atom. The minimum atomic E-state index is 0.392. The molecule has 1 atom stereocenters. The molecule has 4 aromatic rings. The van der Waals surface area contributed by atoms with Crippen molar-refractivity contribution in [2.75, 3.05) is 0 Å². The molecule has 0 radical (unpaired) electrons. The predicted molar refractivity (Wildman–Crippen MR) is 101 cm³/mol. The van der Waals surface area contributed by atoms with Gasteiger partial charge in [0.2, 0.25) is 0 Å². The molecule has 1 unspecified atom stereocenters. The smallest absolute Gasteiger partial charge is 0.0613 e. The van der Waals surface area contributed by atoms with Gasteiger partial charge < -0.3 is 9.55 Å². The highest BCUT2D eigenvalue weighted by Crippen LogP contribution is 2.44. The van der Waals surface area contributed by atoms with E-state index in [0.717, 1.165) is 18.5 Å². The van der Waals surface area contributed by atoms with E-state index in [9.17, 15) is 0 Å². The van der Waals surface area contributed by atoms with Gasteiger partial charge in [-0.15, -0.1) is 0 Å². The molecule has 120 valence electrons. The number of para-hydroxylation sites is 1. The Morgan fingerprint density at radius 3 is 2.75 bits per heavy atom. The Morgan fingerprint density at radius 2 is 1.88 bits per heavy atom. The van der Waals surface area contributed by atoms with E-state index in [0.29, 0.717) is 16.0 Å². The van der Waals surface area contributed by atoms with Crippen molar-refractivity contribution in [2.45, 2.75) is 25.8 Å². The Balaban J connectivity index is 1.75. The third-order valence-electron chi connectivity index (χ3n) is 5.38. The number of aromatic nitrogens is 2. The highest BCUT2D eigenvalue weighted by atomic mass is 35.5. The van der Waals surface area contributed by atoms with Gasteiger partial charge in [0, 0.05) is 46.2 Å². The Bertz CT molecular complexity index is 1100. The van der Waals surface area contributed by atoms with E-state index < -0.39 is 0 Å². The highest BCUT2D eigenvalue weighted by Gasteiger charge is 2.30. The summed E-state index contributed by atoms with van der Waals surface area (Å²) in [5, 5.41) is 3.74. The maximum atomic E-state index is 6.27. The summed E-state index contributed by atoms with van der Waals surface area (Å²) in [6.45, 7) is 3.30. The molecule has 3 heterocycles. The zero-order valence-electron chi connectivity index (χ0n) is 13.2. The second kappa shape index (κ2) is 5.05. The van der Waals surface area contributed by atoms with Crippen LogP contribution in [0.4, 0.5) is 0 Å². The second-order valence-corrected chi connectivity index (χ2v) is 7.39. The number of aryl methyl sites for hydroxylation is 2. The van der Waals surface area contributed by atoms with Gasteiger partial charge in [0.15, 0.2) is 0 Å². The van der Waals surface area contributed by atoms with Crippen molar-refractivity contribution < 1.29 is 0 Å². The number of halogens is 2. The van der Waals surface area contributed by atoms with Crippen molar-refractivity contribution in [1.82, 2.24) is 9.55 Å². The Hall–Kier alpha value is -1.90. The van der Waals surface area contributed by atoms with Crippen LogP contribution in [0, 0.1) is 6.92 Å². The largest absolute Gasteiger partial charge is 0.361 e. The molecule has 0 spiro atoms. The van der Waals surface area contributed by atoms with Crippen molar-refractivity contribution >= 4 is 45.0 Å². The fraction of sp³-hybridized carbons (Fsp3) is 0.200. The molecule has 0 bridgehead atoms. The number of nitrogens with zero attached hydrogens (tertiary/aromatic N) is 1. The van der Waals surface area contributed by atoms with Gasteiger partial charge >= 0.3 is 0 Å². The van der Waals surface area contributed by atoms with Crippen LogP contribution < -0.4 is 0 Å². The maximum Gasteiger partial charge on any atom is 0.0613 e. The van der Waals surface area contributed by atoms with Crippen molar-refractivity contribution in [2.24, 2.45) is 0 Å². The van der Waals surface area contributed by atoms with Gasteiger partial charge in [0.1, 0.15) is 0 Å². The number of hydrogen-bond acceptors (Lipinski definition) is 0. The minimum Gasteiger partial charge on any atom is -0.361 e.